The summed E-state index contributed by atoms with van der Waals surface area (Å²) in [5, 5.41) is 8.57. The molecule has 1 rings (SSSR count). The van der Waals surface area contributed by atoms with Gasteiger partial charge in [0, 0.05) is 17.9 Å². The largest absolute Gasteiger partial charge is 0.396 e. The standard InChI is InChI=1S/C12H16O2S/c13-9-5-4-6-11(14)10-15-12-7-2-1-3-8-12/h1-3,7-8,13H,4-6,9-10H2. The molecule has 0 aliphatic heterocycles. The van der Waals surface area contributed by atoms with Crippen LogP contribution in [0.1, 0.15) is 19.3 Å². The lowest BCUT2D eigenvalue weighted by Gasteiger charge is -2.00. The van der Waals surface area contributed by atoms with Gasteiger partial charge in [0.1, 0.15) is 5.78 Å². The number of ketones is 1. The Morgan fingerprint density at radius 3 is 2.60 bits per heavy atom. The number of Topliss-reactive ketones (excluding diaryl/α,β-unsaturated/α-hetero) is 1. The van der Waals surface area contributed by atoms with Crippen LogP contribution < -0.4 is 0 Å². The van der Waals surface area contributed by atoms with Crippen LogP contribution in [0.4, 0.5) is 0 Å². The summed E-state index contributed by atoms with van der Waals surface area (Å²) in [4.78, 5) is 12.5. The van der Waals surface area contributed by atoms with Gasteiger partial charge in [-0.15, -0.1) is 11.8 Å². The predicted octanol–water partition coefficient (Wildman–Crippen LogP) is 2.51. The molecule has 0 unspecified atom stereocenters. The van der Waals surface area contributed by atoms with Gasteiger partial charge in [-0.1, -0.05) is 18.2 Å². The SMILES string of the molecule is O=C(CCCCO)CSc1ccccc1. The molecule has 3 heteroatoms. The Balaban J connectivity index is 2.17. The number of carbonyl (C=O) groups excluding carboxylic acids is 1. The molecule has 0 amide bonds. The van der Waals surface area contributed by atoms with Crippen LogP contribution >= 0.6 is 11.8 Å². The average molecular weight is 224 g/mol. The van der Waals surface area contributed by atoms with Gasteiger partial charge in [-0.05, 0) is 25.0 Å². The molecule has 0 aliphatic carbocycles. The van der Waals surface area contributed by atoms with Crippen LogP contribution in [0.2, 0.25) is 0 Å². The molecule has 0 saturated carbocycles. The second-order valence-electron chi connectivity index (χ2n) is 3.32. The number of hydrogen-bond acceptors (Lipinski definition) is 3. The minimum atomic E-state index is 0.180. The highest BCUT2D eigenvalue weighted by Gasteiger charge is 2.02. The van der Waals surface area contributed by atoms with E-state index in [0.717, 1.165) is 17.7 Å². The first-order valence-electron chi connectivity index (χ1n) is 5.13. The summed E-state index contributed by atoms with van der Waals surface area (Å²) in [5.74, 6) is 0.799. The molecule has 1 aromatic rings. The molecule has 0 bridgehead atoms. The minimum Gasteiger partial charge on any atom is -0.396 e. The van der Waals surface area contributed by atoms with E-state index in [1.807, 2.05) is 30.3 Å². The Morgan fingerprint density at radius 1 is 1.20 bits per heavy atom. The molecule has 0 radical (unpaired) electrons. The van der Waals surface area contributed by atoms with E-state index in [9.17, 15) is 4.79 Å². The Hall–Kier alpha value is -0.800. The molecule has 82 valence electrons. The summed E-state index contributed by atoms with van der Waals surface area (Å²) in [6.07, 6.45) is 2.10. The monoisotopic (exact) mass is 224 g/mol. The number of unbranched alkanes of at least 4 members (excludes halogenated alkanes) is 1. The van der Waals surface area contributed by atoms with E-state index < -0.39 is 0 Å². The second-order valence-corrected chi connectivity index (χ2v) is 4.37. The van der Waals surface area contributed by atoms with Crippen LogP contribution in [0.3, 0.4) is 0 Å². The zero-order valence-corrected chi connectivity index (χ0v) is 9.50. The molecule has 1 aromatic carbocycles. The number of benzene rings is 1. The second kappa shape index (κ2) is 7.49. The fourth-order valence-electron chi connectivity index (χ4n) is 1.19. The van der Waals surface area contributed by atoms with E-state index >= 15 is 0 Å². The molecule has 2 nitrogen and oxygen atoms in total. The summed E-state index contributed by atoms with van der Waals surface area (Å²) in [7, 11) is 0. The van der Waals surface area contributed by atoms with Crippen molar-refractivity contribution in [2.45, 2.75) is 24.2 Å². The fraction of sp³-hybridized carbons (Fsp3) is 0.417. The van der Waals surface area contributed by atoms with Crippen LogP contribution in [0, 0.1) is 0 Å². The van der Waals surface area contributed by atoms with Gasteiger partial charge >= 0.3 is 0 Å². The molecule has 0 saturated heterocycles. The van der Waals surface area contributed by atoms with Gasteiger partial charge in [0.2, 0.25) is 0 Å². The highest BCUT2D eigenvalue weighted by molar-refractivity contribution is 8.00. The van der Waals surface area contributed by atoms with Crippen molar-refractivity contribution in [1.29, 1.82) is 0 Å². The smallest absolute Gasteiger partial charge is 0.143 e. The maximum absolute atomic E-state index is 11.4. The van der Waals surface area contributed by atoms with Gasteiger partial charge in [0.15, 0.2) is 0 Å². The van der Waals surface area contributed by atoms with Gasteiger partial charge in [-0.2, -0.15) is 0 Å². The zero-order chi connectivity index (χ0) is 10.9. The van der Waals surface area contributed by atoms with Crippen molar-refractivity contribution in [2.75, 3.05) is 12.4 Å². The van der Waals surface area contributed by atoms with Crippen molar-refractivity contribution < 1.29 is 9.90 Å². The Bertz CT molecular complexity index is 285. The van der Waals surface area contributed by atoms with Gasteiger partial charge in [0.25, 0.3) is 0 Å². The van der Waals surface area contributed by atoms with Crippen molar-refractivity contribution in [3.05, 3.63) is 30.3 Å². The van der Waals surface area contributed by atoms with Gasteiger partial charge < -0.3 is 5.11 Å². The van der Waals surface area contributed by atoms with Gasteiger partial charge in [-0.25, -0.2) is 0 Å². The molecule has 15 heavy (non-hydrogen) atoms. The van der Waals surface area contributed by atoms with Crippen molar-refractivity contribution >= 4 is 17.5 Å². The van der Waals surface area contributed by atoms with Gasteiger partial charge in [-0.3, -0.25) is 4.79 Å². The van der Waals surface area contributed by atoms with Crippen LogP contribution in [-0.4, -0.2) is 23.2 Å². The lowest BCUT2D eigenvalue weighted by atomic mass is 10.2. The topological polar surface area (TPSA) is 37.3 Å². The molecule has 0 spiro atoms. The van der Waals surface area contributed by atoms with Crippen LogP contribution in [0.25, 0.3) is 0 Å². The average Bonchev–Trinajstić information content (AvgIpc) is 2.28. The van der Waals surface area contributed by atoms with Crippen LogP contribution in [-0.2, 0) is 4.79 Å². The van der Waals surface area contributed by atoms with Crippen molar-refractivity contribution in [3.8, 4) is 0 Å². The van der Waals surface area contributed by atoms with Gasteiger partial charge in [0.05, 0.1) is 5.75 Å². The molecule has 0 heterocycles. The van der Waals surface area contributed by atoms with Crippen molar-refractivity contribution in [1.82, 2.24) is 0 Å². The van der Waals surface area contributed by atoms with E-state index in [0.29, 0.717) is 12.2 Å². The number of thioether (sulfide) groups is 1. The maximum atomic E-state index is 11.4. The lowest BCUT2D eigenvalue weighted by molar-refractivity contribution is -0.116. The van der Waals surface area contributed by atoms with Crippen molar-refractivity contribution in [2.24, 2.45) is 0 Å². The highest BCUT2D eigenvalue weighted by atomic mass is 32.2. The predicted molar refractivity (Wildman–Crippen MR) is 63.1 cm³/mol. The van der Waals surface area contributed by atoms with E-state index in [2.05, 4.69) is 0 Å². The third-order valence-corrected chi connectivity index (χ3v) is 3.08. The summed E-state index contributed by atoms with van der Waals surface area (Å²) >= 11 is 1.57. The molecule has 0 atom stereocenters. The third-order valence-electron chi connectivity index (χ3n) is 2.01. The first-order chi connectivity index (χ1) is 7.33. The summed E-state index contributed by atoms with van der Waals surface area (Å²) in [5.41, 5.74) is 0. The van der Waals surface area contributed by atoms with E-state index in [4.69, 9.17) is 5.11 Å². The summed E-state index contributed by atoms with van der Waals surface area (Å²) in [6, 6.07) is 9.92. The van der Waals surface area contributed by atoms with Crippen LogP contribution in [0.15, 0.2) is 35.2 Å². The van der Waals surface area contributed by atoms with E-state index in [1.165, 1.54) is 0 Å². The minimum absolute atomic E-state index is 0.180. The number of aliphatic hydroxyl groups is 1. The summed E-state index contributed by atoms with van der Waals surface area (Å²) < 4.78 is 0. The van der Waals surface area contributed by atoms with E-state index in [1.54, 1.807) is 11.8 Å². The first-order valence-corrected chi connectivity index (χ1v) is 6.12. The Morgan fingerprint density at radius 2 is 1.93 bits per heavy atom. The quantitative estimate of drug-likeness (QED) is 0.571. The molecule has 0 aliphatic rings. The van der Waals surface area contributed by atoms with Crippen molar-refractivity contribution in [3.63, 3.8) is 0 Å². The molecule has 0 fully saturated rings. The zero-order valence-electron chi connectivity index (χ0n) is 8.69. The van der Waals surface area contributed by atoms with E-state index in [-0.39, 0.29) is 12.4 Å². The highest BCUT2D eigenvalue weighted by Crippen LogP contribution is 2.17. The van der Waals surface area contributed by atoms with Crippen LogP contribution in [0.5, 0.6) is 0 Å². The Kier molecular flexibility index (Phi) is 6.12. The summed E-state index contributed by atoms with van der Waals surface area (Å²) in [6.45, 7) is 0.180. The Labute approximate surface area is 94.7 Å². The number of hydrogen-bond donors (Lipinski definition) is 1. The molecule has 0 aromatic heterocycles. The first kappa shape index (κ1) is 12.3. The third kappa shape index (κ3) is 5.60. The maximum Gasteiger partial charge on any atom is 0.143 e. The normalized spacial score (nSPS) is 10.2. The molecular formula is C12H16O2S. The number of carbonyl (C=O) groups is 1. The number of aliphatic hydroxyl groups excluding tert-OH is 1. The molecule has 1 N–H and O–H groups in total. The lowest BCUT2D eigenvalue weighted by Crippen LogP contribution is -2.01. The molecular weight excluding hydrogens is 208 g/mol. The number of rotatable bonds is 7. The fourth-order valence-corrected chi connectivity index (χ4v) is 2.01.